The summed E-state index contributed by atoms with van der Waals surface area (Å²) in [5, 5.41) is 3.06. The third-order valence-corrected chi connectivity index (χ3v) is 5.90. The lowest BCUT2D eigenvalue weighted by Crippen LogP contribution is -2.42. The number of aromatic nitrogens is 2. The molecule has 36 heavy (non-hydrogen) atoms. The highest BCUT2D eigenvalue weighted by Gasteiger charge is 2.22. The van der Waals surface area contributed by atoms with E-state index in [4.69, 9.17) is 18.0 Å². The molecule has 0 atom stereocenters. The predicted molar refractivity (Wildman–Crippen MR) is 148 cm³/mol. The van der Waals surface area contributed by atoms with E-state index in [0.29, 0.717) is 24.3 Å². The maximum atomic E-state index is 13.2. The first-order valence-electron chi connectivity index (χ1n) is 10.2. The third-order valence-electron chi connectivity index (χ3n) is 4.09. The summed E-state index contributed by atoms with van der Waals surface area (Å²) in [6.45, 7) is 3.74. The Bertz CT molecular complexity index is 1320. The van der Waals surface area contributed by atoms with Crippen LogP contribution >= 0.6 is 59.4 Å². The molecule has 188 valence electrons. The number of anilines is 1. The van der Waals surface area contributed by atoms with Crippen molar-refractivity contribution in [2.45, 2.75) is 13.8 Å². The Morgan fingerprint density at radius 3 is 2.50 bits per heavy atom. The van der Waals surface area contributed by atoms with Crippen LogP contribution in [0.2, 0.25) is 5.02 Å². The van der Waals surface area contributed by atoms with E-state index >= 15 is 0 Å². The smallest absolute Gasteiger partial charge is 0.427 e. The first-order chi connectivity index (χ1) is 17.2. The summed E-state index contributed by atoms with van der Waals surface area (Å²) >= 11 is 16.3. The van der Waals surface area contributed by atoms with E-state index in [1.54, 1.807) is 36.7 Å². The molecule has 0 aliphatic rings. The Labute approximate surface area is 237 Å². The van der Waals surface area contributed by atoms with Gasteiger partial charge in [-0.1, -0.05) is 47.3 Å². The van der Waals surface area contributed by atoms with E-state index in [1.165, 1.54) is 10.6 Å². The number of halogens is 4. The molecule has 3 aromatic rings. The lowest BCUT2D eigenvalue weighted by molar-refractivity contribution is 0.0917. The van der Waals surface area contributed by atoms with Crippen LogP contribution in [-0.4, -0.2) is 34.1 Å². The number of ether oxygens (including phenoxy) is 1. The average Bonchev–Trinajstić information content (AvgIpc) is 3.25. The largest absolute Gasteiger partial charge is 0.435 e. The summed E-state index contributed by atoms with van der Waals surface area (Å²) in [5.74, 6) is 1.20. The van der Waals surface area contributed by atoms with Crippen molar-refractivity contribution in [3.8, 4) is 18.2 Å². The van der Waals surface area contributed by atoms with E-state index in [9.17, 15) is 14.4 Å². The zero-order valence-electron chi connectivity index (χ0n) is 18.9. The van der Waals surface area contributed by atoms with Crippen LogP contribution in [0.3, 0.4) is 0 Å². The van der Waals surface area contributed by atoms with Crippen LogP contribution in [0, 0.1) is 12.3 Å². The number of hydrazine groups is 1. The van der Waals surface area contributed by atoms with Gasteiger partial charge in [-0.15, -0.1) is 6.42 Å². The van der Waals surface area contributed by atoms with Crippen molar-refractivity contribution in [3.05, 3.63) is 72.4 Å². The van der Waals surface area contributed by atoms with Gasteiger partial charge in [0.15, 0.2) is 12.4 Å². The standard InChI is InChI=1S/C21H13Br3ClN5O4.C2H6/c1-2-6-34-21(33)29-28-19(31)13-7-11(22)8-14(24)17(13)27-20(32)16-9-12(23)10-30(16)18-15(25)4-3-5-26-18;1-2/h1,3-5,7-10H,6H2,(H,27,32)(H,28,31)(H,29,33);1-2H3. The van der Waals surface area contributed by atoms with Crippen LogP contribution in [0.25, 0.3) is 5.82 Å². The van der Waals surface area contributed by atoms with Gasteiger partial charge in [-0.3, -0.25) is 19.6 Å². The first-order valence-corrected chi connectivity index (χ1v) is 12.9. The molecule has 0 spiro atoms. The minimum Gasteiger partial charge on any atom is -0.435 e. The van der Waals surface area contributed by atoms with Gasteiger partial charge in [0, 0.05) is 25.8 Å². The van der Waals surface area contributed by atoms with E-state index in [-0.39, 0.29) is 23.6 Å². The van der Waals surface area contributed by atoms with Crippen molar-refractivity contribution in [1.82, 2.24) is 20.4 Å². The van der Waals surface area contributed by atoms with Crippen molar-refractivity contribution >= 4 is 83.0 Å². The number of nitrogens with one attached hydrogen (secondary N) is 3. The Morgan fingerprint density at radius 2 is 1.83 bits per heavy atom. The lowest BCUT2D eigenvalue weighted by Gasteiger charge is -2.15. The number of amides is 3. The van der Waals surface area contributed by atoms with Gasteiger partial charge in [0.2, 0.25) is 0 Å². The highest BCUT2D eigenvalue weighted by atomic mass is 79.9. The quantitative estimate of drug-likeness (QED) is 0.220. The normalized spacial score (nSPS) is 9.81. The highest BCUT2D eigenvalue weighted by molar-refractivity contribution is 9.11. The summed E-state index contributed by atoms with van der Waals surface area (Å²) in [4.78, 5) is 41.8. The predicted octanol–water partition coefficient (Wildman–Crippen LogP) is 6.10. The number of hydrogen-bond donors (Lipinski definition) is 3. The second kappa shape index (κ2) is 14.0. The molecule has 0 bridgehead atoms. The van der Waals surface area contributed by atoms with Crippen molar-refractivity contribution in [3.63, 3.8) is 0 Å². The van der Waals surface area contributed by atoms with Crippen LogP contribution in [0.15, 0.2) is 56.1 Å². The van der Waals surface area contributed by atoms with Gasteiger partial charge < -0.3 is 10.1 Å². The first kappa shape index (κ1) is 29.4. The minimum absolute atomic E-state index is 0.0416. The Kier molecular flexibility index (Phi) is 11.5. The third kappa shape index (κ3) is 7.57. The summed E-state index contributed by atoms with van der Waals surface area (Å²) in [6, 6.07) is 8.01. The molecule has 0 saturated heterocycles. The Morgan fingerprint density at radius 1 is 1.11 bits per heavy atom. The SMILES string of the molecule is C#CCOC(=O)NNC(=O)c1cc(Br)cc(Br)c1NC(=O)c1cc(Br)cn1-c1ncccc1Cl.CC. The highest BCUT2D eigenvalue weighted by Crippen LogP contribution is 2.32. The molecule has 2 aromatic heterocycles. The van der Waals surface area contributed by atoms with Crippen molar-refractivity contribution in [1.29, 1.82) is 0 Å². The van der Waals surface area contributed by atoms with Gasteiger partial charge in [-0.25, -0.2) is 15.2 Å². The fraction of sp³-hybridized carbons (Fsp3) is 0.130. The molecule has 13 heteroatoms. The second-order valence-electron chi connectivity index (χ2n) is 6.35. The number of carbonyl (C=O) groups is 3. The van der Waals surface area contributed by atoms with Crippen LogP contribution < -0.4 is 16.2 Å². The molecular weight excluding hydrogens is 685 g/mol. The number of terminal acetylenes is 1. The summed E-state index contributed by atoms with van der Waals surface area (Å²) in [7, 11) is 0. The summed E-state index contributed by atoms with van der Waals surface area (Å²) < 4.78 is 7.71. The molecule has 9 nitrogen and oxygen atoms in total. The number of rotatable bonds is 5. The molecule has 0 aliphatic carbocycles. The Hall–Kier alpha value is -2.85. The molecule has 2 heterocycles. The monoisotopic (exact) mass is 701 g/mol. The molecule has 0 unspecified atom stereocenters. The van der Waals surface area contributed by atoms with Crippen LogP contribution in [0.5, 0.6) is 0 Å². The van der Waals surface area contributed by atoms with Gasteiger partial charge in [-0.2, -0.15) is 0 Å². The number of benzene rings is 1. The van der Waals surface area contributed by atoms with E-state index in [1.807, 2.05) is 13.8 Å². The molecule has 3 rings (SSSR count). The lowest BCUT2D eigenvalue weighted by atomic mass is 10.1. The second-order valence-corrected chi connectivity index (χ2v) is 9.44. The van der Waals surface area contributed by atoms with Gasteiger partial charge in [0.25, 0.3) is 11.8 Å². The van der Waals surface area contributed by atoms with Crippen molar-refractivity contribution in [2.75, 3.05) is 11.9 Å². The molecule has 3 amide bonds. The number of carbonyl (C=O) groups excluding carboxylic acids is 3. The van der Waals surface area contributed by atoms with Crippen LogP contribution in [0.1, 0.15) is 34.7 Å². The number of hydrogen-bond acceptors (Lipinski definition) is 5. The molecular formula is C23H19Br3ClN5O4. The maximum Gasteiger partial charge on any atom is 0.427 e. The van der Waals surface area contributed by atoms with Crippen LogP contribution in [-0.2, 0) is 4.74 Å². The van der Waals surface area contributed by atoms with E-state index in [2.05, 4.69) is 79.6 Å². The van der Waals surface area contributed by atoms with Crippen molar-refractivity contribution < 1.29 is 19.1 Å². The molecule has 0 aliphatic heterocycles. The Balaban J connectivity index is 0.00000222. The van der Waals surface area contributed by atoms with Crippen LogP contribution in [0.4, 0.5) is 10.5 Å². The van der Waals surface area contributed by atoms with Gasteiger partial charge in [-0.05, 0) is 62.2 Å². The summed E-state index contributed by atoms with van der Waals surface area (Å²) in [6.07, 6.45) is 7.26. The zero-order valence-corrected chi connectivity index (χ0v) is 24.4. The molecule has 0 saturated carbocycles. The molecule has 3 N–H and O–H groups in total. The van der Waals surface area contributed by atoms with Gasteiger partial charge >= 0.3 is 6.09 Å². The molecule has 0 fully saturated rings. The van der Waals surface area contributed by atoms with E-state index in [0.717, 1.165) is 0 Å². The topological polar surface area (TPSA) is 114 Å². The fourth-order valence-electron chi connectivity index (χ4n) is 2.71. The van der Waals surface area contributed by atoms with Crippen molar-refractivity contribution in [2.24, 2.45) is 0 Å². The molecule has 1 aromatic carbocycles. The van der Waals surface area contributed by atoms with Gasteiger partial charge in [0.05, 0.1) is 16.3 Å². The minimum atomic E-state index is -0.944. The summed E-state index contributed by atoms with van der Waals surface area (Å²) in [5.41, 5.74) is 4.67. The zero-order chi connectivity index (χ0) is 26.8. The number of nitrogens with zero attached hydrogens (tertiary/aromatic N) is 2. The maximum absolute atomic E-state index is 13.2. The number of pyridine rings is 1. The fourth-order valence-corrected chi connectivity index (χ4v) is 4.67. The molecule has 0 radical (unpaired) electrons. The van der Waals surface area contributed by atoms with Gasteiger partial charge in [0.1, 0.15) is 5.69 Å². The van der Waals surface area contributed by atoms with E-state index < -0.39 is 17.9 Å². The average molecular weight is 705 g/mol.